The molecule has 0 saturated heterocycles. The number of aldehydes is 1. The number of pyridine rings is 3. The van der Waals surface area contributed by atoms with Crippen LogP contribution < -0.4 is 9.64 Å². The number of ether oxygens (including phenoxy) is 1. The lowest BCUT2D eigenvalue weighted by Gasteiger charge is -2.20. The Labute approximate surface area is 146 Å². The molecule has 25 heavy (non-hydrogen) atoms. The summed E-state index contributed by atoms with van der Waals surface area (Å²) in [5.74, 6) is 1.88. The molecule has 0 aliphatic rings. The van der Waals surface area contributed by atoms with Crippen LogP contribution in [-0.4, -0.2) is 28.3 Å². The van der Waals surface area contributed by atoms with E-state index in [4.69, 9.17) is 4.74 Å². The second-order valence-electron chi connectivity index (χ2n) is 5.65. The normalized spacial score (nSPS) is 10.3. The maximum atomic E-state index is 11.1. The van der Waals surface area contributed by atoms with Gasteiger partial charge in [0.2, 0.25) is 5.88 Å². The van der Waals surface area contributed by atoms with E-state index < -0.39 is 0 Å². The van der Waals surface area contributed by atoms with E-state index in [1.54, 1.807) is 18.6 Å². The molecule has 6 heteroatoms. The minimum absolute atomic E-state index is 0.439. The second kappa shape index (κ2) is 7.53. The second-order valence-corrected chi connectivity index (χ2v) is 5.65. The SMILES string of the molecule is Cc1cc(Oc2cccnc2)nc(N(C)Cc2cccnc2C=O)c1. The Balaban J connectivity index is 1.83. The van der Waals surface area contributed by atoms with Crippen molar-refractivity contribution in [2.45, 2.75) is 13.5 Å². The van der Waals surface area contributed by atoms with Crippen molar-refractivity contribution < 1.29 is 9.53 Å². The fourth-order valence-electron chi connectivity index (χ4n) is 2.42. The van der Waals surface area contributed by atoms with Crippen LogP contribution in [0.4, 0.5) is 5.82 Å². The molecule has 0 N–H and O–H groups in total. The van der Waals surface area contributed by atoms with E-state index in [1.807, 2.05) is 55.3 Å². The van der Waals surface area contributed by atoms with Crippen LogP contribution in [-0.2, 0) is 6.54 Å². The van der Waals surface area contributed by atoms with Gasteiger partial charge in [-0.15, -0.1) is 0 Å². The molecule has 0 atom stereocenters. The van der Waals surface area contributed by atoms with Gasteiger partial charge in [0.15, 0.2) is 6.29 Å². The van der Waals surface area contributed by atoms with Gasteiger partial charge in [-0.2, -0.15) is 4.98 Å². The summed E-state index contributed by atoms with van der Waals surface area (Å²) in [6.07, 6.45) is 5.70. The predicted molar refractivity (Wildman–Crippen MR) is 95.0 cm³/mol. The molecule has 0 unspecified atom stereocenters. The van der Waals surface area contributed by atoms with Gasteiger partial charge in [0.25, 0.3) is 0 Å². The van der Waals surface area contributed by atoms with Crippen molar-refractivity contribution in [3.63, 3.8) is 0 Å². The topological polar surface area (TPSA) is 68.2 Å². The molecule has 3 aromatic heterocycles. The van der Waals surface area contributed by atoms with Gasteiger partial charge in [-0.25, -0.2) is 0 Å². The molecule has 0 aromatic carbocycles. The quantitative estimate of drug-likeness (QED) is 0.643. The fourth-order valence-corrected chi connectivity index (χ4v) is 2.42. The highest BCUT2D eigenvalue weighted by Gasteiger charge is 2.10. The van der Waals surface area contributed by atoms with E-state index >= 15 is 0 Å². The van der Waals surface area contributed by atoms with Crippen LogP contribution in [0.2, 0.25) is 0 Å². The zero-order valence-corrected chi connectivity index (χ0v) is 14.1. The van der Waals surface area contributed by atoms with Crippen LogP contribution in [0.1, 0.15) is 21.6 Å². The minimum atomic E-state index is 0.439. The number of hydrogen-bond acceptors (Lipinski definition) is 6. The predicted octanol–water partition coefficient (Wildman–Crippen LogP) is 3.42. The third-order valence-corrected chi connectivity index (χ3v) is 3.63. The summed E-state index contributed by atoms with van der Waals surface area (Å²) in [4.78, 5) is 25.8. The van der Waals surface area contributed by atoms with Crippen molar-refractivity contribution in [1.29, 1.82) is 0 Å². The van der Waals surface area contributed by atoms with Gasteiger partial charge in [-0.1, -0.05) is 6.07 Å². The summed E-state index contributed by atoms with van der Waals surface area (Å²) in [5, 5.41) is 0. The van der Waals surface area contributed by atoms with Crippen LogP contribution in [0.25, 0.3) is 0 Å². The Morgan fingerprint density at radius 1 is 1.20 bits per heavy atom. The summed E-state index contributed by atoms with van der Waals surface area (Å²) in [6.45, 7) is 2.50. The molecule has 0 aliphatic carbocycles. The molecule has 0 fully saturated rings. The highest BCUT2D eigenvalue weighted by Crippen LogP contribution is 2.24. The van der Waals surface area contributed by atoms with Crippen LogP contribution in [0.15, 0.2) is 55.0 Å². The molecule has 0 spiro atoms. The molecule has 126 valence electrons. The Hall–Kier alpha value is -3.28. The van der Waals surface area contributed by atoms with Gasteiger partial charge >= 0.3 is 0 Å². The smallest absolute Gasteiger partial charge is 0.221 e. The number of hydrogen-bond donors (Lipinski definition) is 0. The first-order valence-electron chi connectivity index (χ1n) is 7.82. The lowest BCUT2D eigenvalue weighted by atomic mass is 10.2. The van der Waals surface area contributed by atoms with Crippen molar-refractivity contribution in [3.05, 3.63) is 71.8 Å². The van der Waals surface area contributed by atoms with E-state index in [0.717, 1.165) is 23.2 Å². The van der Waals surface area contributed by atoms with Crippen molar-refractivity contribution in [2.24, 2.45) is 0 Å². The molecule has 0 radical (unpaired) electrons. The number of carbonyl (C=O) groups is 1. The zero-order valence-electron chi connectivity index (χ0n) is 14.1. The summed E-state index contributed by atoms with van der Waals surface area (Å²) >= 11 is 0. The van der Waals surface area contributed by atoms with Gasteiger partial charge in [-0.3, -0.25) is 14.8 Å². The zero-order chi connectivity index (χ0) is 17.6. The third-order valence-electron chi connectivity index (χ3n) is 3.63. The maximum absolute atomic E-state index is 11.1. The summed E-state index contributed by atoms with van der Waals surface area (Å²) in [6, 6.07) is 11.2. The fraction of sp³-hybridized carbons (Fsp3) is 0.158. The number of aromatic nitrogens is 3. The number of rotatable bonds is 6. The van der Waals surface area contributed by atoms with Crippen molar-refractivity contribution in [2.75, 3.05) is 11.9 Å². The highest BCUT2D eigenvalue weighted by atomic mass is 16.5. The molecule has 3 aromatic rings. The average molecular weight is 334 g/mol. The molecule has 6 nitrogen and oxygen atoms in total. The summed E-state index contributed by atoms with van der Waals surface area (Å²) in [5.41, 5.74) is 2.31. The van der Waals surface area contributed by atoms with Crippen LogP contribution >= 0.6 is 0 Å². The minimum Gasteiger partial charge on any atom is -0.437 e. The monoisotopic (exact) mass is 334 g/mol. The van der Waals surface area contributed by atoms with Gasteiger partial charge in [0.1, 0.15) is 17.3 Å². The van der Waals surface area contributed by atoms with Crippen LogP contribution in [0.5, 0.6) is 11.6 Å². The molecule has 0 amide bonds. The first-order valence-corrected chi connectivity index (χ1v) is 7.82. The molecular formula is C19H18N4O2. The molecule has 0 aliphatic heterocycles. The van der Waals surface area contributed by atoms with E-state index in [9.17, 15) is 4.79 Å². The lowest BCUT2D eigenvalue weighted by molar-refractivity contribution is 0.111. The number of nitrogens with zero attached hydrogens (tertiary/aromatic N) is 4. The molecule has 3 heterocycles. The van der Waals surface area contributed by atoms with E-state index in [-0.39, 0.29) is 0 Å². The first-order chi connectivity index (χ1) is 12.2. The standard InChI is InChI=1S/C19H18N4O2/c1-14-9-18(22-19(10-14)25-16-6-4-7-20-11-16)23(2)12-15-5-3-8-21-17(15)13-24/h3-11,13H,12H2,1-2H3. The Morgan fingerprint density at radius 2 is 2.04 bits per heavy atom. The Morgan fingerprint density at radius 3 is 2.80 bits per heavy atom. The van der Waals surface area contributed by atoms with Crippen molar-refractivity contribution >= 4 is 12.1 Å². The van der Waals surface area contributed by atoms with Crippen molar-refractivity contribution in [1.82, 2.24) is 15.0 Å². The van der Waals surface area contributed by atoms with E-state index in [2.05, 4.69) is 15.0 Å². The van der Waals surface area contributed by atoms with Gasteiger partial charge in [0.05, 0.1) is 6.20 Å². The number of aryl methyl sites for hydroxylation is 1. The number of carbonyl (C=O) groups excluding carboxylic acids is 1. The Kier molecular flexibility index (Phi) is 4.99. The highest BCUT2D eigenvalue weighted by molar-refractivity contribution is 5.74. The largest absolute Gasteiger partial charge is 0.437 e. The summed E-state index contributed by atoms with van der Waals surface area (Å²) < 4.78 is 5.78. The average Bonchev–Trinajstić information content (AvgIpc) is 2.62. The van der Waals surface area contributed by atoms with E-state index in [0.29, 0.717) is 23.9 Å². The van der Waals surface area contributed by atoms with Gasteiger partial charge in [0, 0.05) is 37.6 Å². The van der Waals surface area contributed by atoms with Gasteiger partial charge in [-0.05, 0) is 36.8 Å². The third kappa shape index (κ3) is 4.17. The van der Waals surface area contributed by atoms with Crippen molar-refractivity contribution in [3.8, 4) is 11.6 Å². The van der Waals surface area contributed by atoms with Crippen LogP contribution in [0, 0.1) is 6.92 Å². The molecule has 0 saturated carbocycles. The maximum Gasteiger partial charge on any atom is 0.221 e. The lowest BCUT2D eigenvalue weighted by Crippen LogP contribution is -2.19. The number of anilines is 1. The van der Waals surface area contributed by atoms with Crippen LogP contribution in [0.3, 0.4) is 0 Å². The Bertz CT molecular complexity index is 868. The van der Waals surface area contributed by atoms with Gasteiger partial charge < -0.3 is 9.64 Å². The molecule has 0 bridgehead atoms. The molecule has 3 rings (SSSR count). The molecular weight excluding hydrogens is 316 g/mol. The summed E-state index contributed by atoms with van der Waals surface area (Å²) in [7, 11) is 1.91. The first kappa shape index (κ1) is 16.6. The van der Waals surface area contributed by atoms with E-state index in [1.165, 1.54) is 0 Å².